The Morgan fingerprint density at radius 3 is 2.47 bits per heavy atom. The summed E-state index contributed by atoms with van der Waals surface area (Å²) in [4.78, 5) is 0. The number of nitrogens with two attached hydrogens (primary N) is 1. The van der Waals surface area contributed by atoms with Crippen LogP contribution in [0.25, 0.3) is 10.8 Å². The summed E-state index contributed by atoms with van der Waals surface area (Å²) in [5.41, 5.74) is 7.43. The number of hydrogen-bond donors (Lipinski definition) is 1. The molecule has 0 spiro atoms. The fourth-order valence-corrected chi connectivity index (χ4v) is 3.87. The maximum absolute atomic E-state index is 6.21. The second-order valence-corrected chi connectivity index (χ2v) is 7.12. The fourth-order valence-electron chi connectivity index (χ4n) is 1.74. The van der Waals surface area contributed by atoms with Crippen molar-refractivity contribution in [1.82, 2.24) is 0 Å². The Hall–Kier alpha value is 0.120. The van der Waals surface area contributed by atoms with Crippen molar-refractivity contribution >= 4 is 56.0 Å². The normalized spacial score (nSPS) is 15.2. The van der Waals surface area contributed by atoms with Gasteiger partial charge >= 0.3 is 0 Å². The van der Waals surface area contributed by atoms with Crippen molar-refractivity contribution in [3.8, 4) is 0 Å². The summed E-state index contributed by atoms with van der Waals surface area (Å²) in [7, 11) is 0. The second-order valence-electron chi connectivity index (χ2n) is 3.72. The SMILES string of the molecule is C[C@](N)(I)c1c(I)ccc2ccccc12. The summed E-state index contributed by atoms with van der Waals surface area (Å²) in [5.74, 6) is 0. The van der Waals surface area contributed by atoms with Gasteiger partial charge in [0, 0.05) is 9.13 Å². The summed E-state index contributed by atoms with van der Waals surface area (Å²) in [6.07, 6.45) is 0. The highest BCUT2D eigenvalue weighted by molar-refractivity contribution is 14.1. The van der Waals surface area contributed by atoms with E-state index in [1.54, 1.807) is 0 Å². The van der Waals surface area contributed by atoms with Gasteiger partial charge in [0.25, 0.3) is 0 Å². The molecule has 0 aliphatic carbocycles. The first-order valence-corrected chi connectivity index (χ1v) is 6.81. The third-order valence-corrected chi connectivity index (χ3v) is 3.81. The van der Waals surface area contributed by atoms with Crippen LogP contribution in [0.5, 0.6) is 0 Å². The van der Waals surface area contributed by atoms with Gasteiger partial charge in [0.15, 0.2) is 0 Å². The van der Waals surface area contributed by atoms with E-state index >= 15 is 0 Å². The van der Waals surface area contributed by atoms with Crippen molar-refractivity contribution in [2.45, 2.75) is 10.5 Å². The Kier molecular flexibility index (Phi) is 3.23. The molecular formula is C12H11I2N. The van der Waals surface area contributed by atoms with Crippen molar-refractivity contribution in [2.75, 3.05) is 0 Å². The number of fused-ring (bicyclic) bond motifs is 1. The first-order valence-electron chi connectivity index (χ1n) is 4.65. The number of benzene rings is 2. The van der Waals surface area contributed by atoms with E-state index in [0.717, 1.165) is 0 Å². The Balaban J connectivity index is 2.86. The minimum Gasteiger partial charge on any atom is -0.313 e. The molecule has 2 aromatic rings. The minimum absolute atomic E-state index is 0.324. The fraction of sp³-hybridized carbons (Fsp3) is 0.167. The molecule has 0 aliphatic heterocycles. The zero-order valence-electron chi connectivity index (χ0n) is 8.30. The van der Waals surface area contributed by atoms with Crippen molar-refractivity contribution in [2.24, 2.45) is 5.73 Å². The van der Waals surface area contributed by atoms with Gasteiger partial charge in [-0.3, -0.25) is 0 Å². The van der Waals surface area contributed by atoms with Crippen LogP contribution in [0.2, 0.25) is 0 Å². The average molecular weight is 423 g/mol. The molecule has 3 heteroatoms. The standard InChI is InChI=1S/C12H11I2N/c1-12(14,15)11-9-5-3-2-4-8(9)6-7-10(11)13/h2-7H,15H2,1H3/t12-/m1/s1. The lowest BCUT2D eigenvalue weighted by Crippen LogP contribution is -2.26. The van der Waals surface area contributed by atoms with Crippen molar-refractivity contribution in [3.05, 3.63) is 45.5 Å². The average Bonchev–Trinajstić information content (AvgIpc) is 2.15. The zero-order chi connectivity index (χ0) is 11.1. The van der Waals surface area contributed by atoms with Gasteiger partial charge in [0.2, 0.25) is 0 Å². The molecule has 0 aromatic heterocycles. The highest BCUT2D eigenvalue weighted by atomic mass is 127. The highest BCUT2D eigenvalue weighted by Gasteiger charge is 2.21. The topological polar surface area (TPSA) is 26.0 Å². The summed E-state index contributed by atoms with van der Waals surface area (Å²) < 4.78 is 0.903. The van der Waals surface area contributed by atoms with Gasteiger partial charge < -0.3 is 5.73 Å². The van der Waals surface area contributed by atoms with Gasteiger partial charge in [-0.05, 0) is 46.4 Å². The monoisotopic (exact) mass is 423 g/mol. The predicted octanol–water partition coefficient (Wildman–Crippen LogP) is 4.01. The van der Waals surface area contributed by atoms with E-state index in [2.05, 4.69) is 81.6 Å². The van der Waals surface area contributed by atoms with Gasteiger partial charge in [-0.1, -0.05) is 52.9 Å². The second kappa shape index (κ2) is 4.18. The molecule has 1 atom stereocenters. The van der Waals surface area contributed by atoms with Crippen LogP contribution in [0, 0.1) is 3.57 Å². The Labute approximate surface area is 117 Å². The smallest absolute Gasteiger partial charge is 0.0923 e. The zero-order valence-corrected chi connectivity index (χ0v) is 12.6. The molecule has 2 aromatic carbocycles. The molecule has 0 radical (unpaired) electrons. The van der Waals surface area contributed by atoms with Gasteiger partial charge in [0.1, 0.15) is 0 Å². The van der Waals surface area contributed by atoms with Crippen LogP contribution in [0.1, 0.15) is 12.5 Å². The molecule has 0 saturated carbocycles. The quantitative estimate of drug-likeness (QED) is 0.419. The summed E-state index contributed by atoms with van der Waals surface area (Å²) in [6.45, 7) is 2.04. The molecule has 2 rings (SSSR count). The Morgan fingerprint density at radius 2 is 1.80 bits per heavy atom. The van der Waals surface area contributed by atoms with Crippen LogP contribution in [-0.4, -0.2) is 0 Å². The van der Waals surface area contributed by atoms with Crippen molar-refractivity contribution in [3.63, 3.8) is 0 Å². The molecule has 0 saturated heterocycles. The molecule has 2 N–H and O–H groups in total. The van der Waals surface area contributed by atoms with E-state index in [-0.39, 0.29) is 3.55 Å². The molecule has 0 aliphatic rings. The van der Waals surface area contributed by atoms with E-state index in [4.69, 9.17) is 5.73 Å². The molecular weight excluding hydrogens is 412 g/mol. The number of alkyl halides is 1. The largest absolute Gasteiger partial charge is 0.313 e. The highest BCUT2D eigenvalue weighted by Crippen LogP contribution is 2.35. The van der Waals surface area contributed by atoms with Gasteiger partial charge in [-0.25, -0.2) is 0 Å². The first kappa shape index (κ1) is 11.6. The maximum atomic E-state index is 6.21. The lowest BCUT2D eigenvalue weighted by Gasteiger charge is -2.21. The Morgan fingerprint density at radius 1 is 1.13 bits per heavy atom. The van der Waals surface area contributed by atoms with Crippen LogP contribution in [0.3, 0.4) is 0 Å². The number of hydrogen-bond acceptors (Lipinski definition) is 1. The van der Waals surface area contributed by atoms with E-state index < -0.39 is 0 Å². The van der Waals surface area contributed by atoms with Crippen LogP contribution >= 0.6 is 45.2 Å². The summed E-state index contributed by atoms with van der Waals surface area (Å²) in [5, 5.41) is 2.50. The van der Waals surface area contributed by atoms with Gasteiger partial charge in [-0.15, -0.1) is 0 Å². The molecule has 1 nitrogen and oxygen atoms in total. The maximum Gasteiger partial charge on any atom is 0.0923 e. The molecule has 78 valence electrons. The first-order chi connectivity index (χ1) is 7.00. The van der Waals surface area contributed by atoms with E-state index in [9.17, 15) is 0 Å². The molecule has 0 heterocycles. The van der Waals surface area contributed by atoms with Crippen LogP contribution in [0.15, 0.2) is 36.4 Å². The van der Waals surface area contributed by atoms with Gasteiger partial charge in [-0.2, -0.15) is 0 Å². The van der Waals surface area contributed by atoms with Crippen LogP contribution in [-0.2, 0) is 3.55 Å². The third kappa shape index (κ3) is 2.29. The van der Waals surface area contributed by atoms with Gasteiger partial charge in [0.05, 0.1) is 3.55 Å². The molecule has 15 heavy (non-hydrogen) atoms. The lowest BCUT2D eigenvalue weighted by atomic mass is 10.0. The third-order valence-electron chi connectivity index (χ3n) is 2.37. The van der Waals surface area contributed by atoms with E-state index in [0.29, 0.717) is 0 Å². The van der Waals surface area contributed by atoms with E-state index in [1.165, 1.54) is 19.9 Å². The van der Waals surface area contributed by atoms with Crippen LogP contribution < -0.4 is 5.73 Å². The Bertz CT molecular complexity index is 500. The van der Waals surface area contributed by atoms with Crippen molar-refractivity contribution < 1.29 is 0 Å². The molecule has 0 unspecified atom stereocenters. The lowest BCUT2D eigenvalue weighted by molar-refractivity contribution is 0.783. The predicted molar refractivity (Wildman–Crippen MR) is 82.2 cm³/mol. The summed E-state index contributed by atoms with van der Waals surface area (Å²) in [6, 6.07) is 12.6. The molecule has 0 bridgehead atoms. The summed E-state index contributed by atoms with van der Waals surface area (Å²) >= 11 is 4.64. The van der Waals surface area contributed by atoms with Crippen molar-refractivity contribution in [1.29, 1.82) is 0 Å². The molecule has 0 fully saturated rings. The number of rotatable bonds is 1. The number of halogens is 2. The van der Waals surface area contributed by atoms with Crippen LogP contribution in [0.4, 0.5) is 0 Å². The van der Waals surface area contributed by atoms with E-state index in [1.807, 2.05) is 6.92 Å². The molecule has 0 amide bonds. The minimum atomic E-state index is -0.324.